The first kappa shape index (κ1) is 7.34. The highest BCUT2D eigenvalue weighted by Crippen LogP contribution is 2.62. The minimum Gasteiger partial charge on any atom is -0.458 e. The summed E-state index contributed by atoms with van der Waals surface area (Å²) in [5, 5.41) is 18.6. The third-order valence-electron chi connectivity index (χ3n) is 3.55. The Morgan fingerprint density at radius 3 is 3.08 bits per heavy atom. The number of esters is 1. The fourth-order valence-electron chi connectivity index (χ4n) is 2.86. The molecule has 2 saturated carbocycles. The van der Waals surface area contributed by atoms with Crippen molar-refractivity contribution >= 4 is 5.97 Å². The molecular weight excluding hydrogens is 170 g/mol. The van der Waals surface area contributed by atoms with Crippen LogP contribution in [-0.4, -0.2) is 23.3 Å². The van der Waals surface area contributed by atoms with Crippen LogP contribution in [0.2, 0.25) is 0 Å². The van der Waals surface area contributed by atoms with Crippen LogP contribution in [0.3, 0.4) is 0 Å². The number of aliphatic hydroxyl groups is 1. The van der Waals surface area contributed by atoms with Gasteiger partial charge in [-0.3, -0.25) is 4.79 Å². The highest BCUT2D eigenvalue weighted by Gasteiger charge is 2.71. The maximum atomic E-state index is 11.4. The molecule has 2 bridgehead atoms. The molecule has 1 heterocycles. The summed E-state index contributed by atoms with van der Waals surface area (Å²) < 4.78 is 5.01. The third kappa shape index (κ3) is 0.574. The van der Waals surface area contributed by atoms with Gasteiger partial charge < -0.3 is 9.84 Å². The second-order valence-electron chi connectivity index (χ2n) is 4.04. The molecule has 4 nitrogen and oxygen atoms in total. The van der Waals surface area contributed by atoms with Crippen molar-refractivity contribution in [1.82, 2.24) is 0 Å². The van der Waals surface area contributed by atoms with Crippen LogP contribution in [0.1, 0.15) is 12.8 Å². The van der Waals surface area contributed by atoms with E-state index in [1.54, 1.807) is 0 Å². The molecule has 3 fully saturated rings. The standard InChI is InChI=1S/C9H8NO3/c10-3-9-2-4-1-5(9)7(6(4)11)13-8(9)12/h5-7,11H,1-2H2. The van der Waals surface area contributed by atoms with Gasteiger partial charge in [-0.15, -0.1) is 0 Å². The molecule has 0 aromatic heterocycles. The van der Waals surface area contributed by atoms with E-state index in [-0.39, 0.29) is 5.92 Å². The largest absolute Gasteiger partial charge is 0.458 e. The average molecular weight is 178 g/mol. The minimum absolute atomic E-state index is 0.0880. The summed E-state index contributed by atoms with van der Waals surface area (Å²) >= 11 is 0. The van der Waals surface area contributed by atoms with Crippen LogP contribution in [0.4, 0.5) is 0 Å². The third-order valence-corrected chi connectivity index (χ3v) is 3.55. The lowest BCUT2D eigenvalue weighted by Crippen LogP contribution is -2.36. The SMILES string of the molecule is N#CC12C[C]3CC1C(OC2=O)C3O. The normalized spacial score (nSPS) is 52.3. The lowest BCUT2D eigenvalue weighted by molar-refractivity contribution is -0.147. The van der Waals surface area contributed by atoms with Gasteiger partial charge in [0.05, 0.1) is 12.2 Å². The number of hydrogen-bond acceptors (Lipinski definition) is 4. The number of fused-ring (bicyclic) bond motifs is 1. The van der Waals surface area contributed by atoms with E-state index in [2.05, 4.69) is 6.07 Å². The topological polar surface area (TPSA) is 70.3 Å². The van der Waals surface area contributed by atoms with Gasteiger partial charge in [0.2, 0.25) is 0 Å². The second kappa shape index (κ2) is 1.88. The maximum Gasteiger partial charge on any atom is 0.327 e. The average Bonchev–Trinajstić information content (AvgIpc) is 2.68. The zero-order chi connectivity index (χ0) is 9.22. The van der Waals surface area contributed by atoms with E-state index in [1.807, 2.05) is 0 Å². The van der Waals surface area contributed by atoms with E-state index >= 15 is 0 Å². The Bertz CT molecular complexity index is 334. The van der Waals surface area contributed by atoms with Crippen LogP contribution < -0.4 is 0 Å². The Balaban J connectivity index is 2.12. The van der Waals surface area contributed by atoms with Gasteiger partial charge in [-0.05, 0) is 12.8 Å². The van der Waals surface area contributed by atoms with Crippen LogP contribution >= 0.6 is 0 Å². The molecule has 1 radical (unpaired) electrons. The predicted octanol–water partition coefficient (Wildman–Crippen LogP) is -0.219. The van der Waals surface area contributed by atoms with Crippen LogP contribution in [-0.2, 0) is 9.53 Å². The Labute approximate surface area is 75.1 Å². The molecule has 0 amide bonds. The highest BCUT2D eigenvalue weighted by atomic mass is 16.6. The number of aliphatic hydroxyl groups excluding tert-OH is 1. The quantitative estimate of drug-likeness (QED) is 0.520. The minimum atomic E-state index is -0.945. The van der Waals surface area contributed by atoms with Crippen LogP contribution in [0.5, 0.6) is 0 Å². The highest BCUT2D eigenvalue weighted by molar-refractivity contribution is 5.85. The van der Waals surface area contributed by atoms with Gasteiger partial charge in [0, 0.05) is 11.8 Å². The molecule has 1 aliphatic heterocycles. The zero-order valence-corrected chi connectivity index (χ0v) is 6.86. The van der Waals surface area contributed by atoms with Gasteiger partial charge in [-0.25, -0.2) is 0 Å². The van der Waals surface area contributed by atoms with Crippen molar-refractivity contribution in [3.63, 3.8) is 0 Å². The predicted molar refractivity (Wildman–Crippen MR) is 39.9 cm³/mol. The Kier molecular flexibility index (Phi) is 1.06. The molecule has 3 rings (SSSR count). The van der Waals surface area contributed by atoms with E-state index in [0.717, 1.165) is 5.92 Å². The van der Waals surface area contributed by atoms with Gasteiger partial charge in [-0.1, -0.05) is 0 Å². The first-order chi connectivity index (χ1) is 6.19. The summed E-state index contributed by atoms with van der Waals surface area (Å²) in [6, 6.07) is 2.06. The molecule has 4 heteroatoms. The molecule has 13 heavy (non-hydrogen) atoms. The summed E-state index contributed by atoms with van der Waals surface area (Å²) in [4.78, 5) is 11.4. The molecule has 0 aromatic carbocycles. The summed E-state index contributed by atoms with van der Waals surface area (Å²) in [5.74, 6) is 0.397. The first-order valence-electron chi connectivity index (χ1n) is 4.34. The van der Waals surface area contributed by atoms with Crippen molar-refractivity contribution in [2.24, 2.45) is 11.3 Å². The van der Waals surface area contributed by atoms with Gasteiger partial charge in [0.1, 0.15) is 6.10 Å². The molecular formula is C9H8NO3. The van der Waals surface area contributed by atoms with Crippen molar-refractivity contribution < 1.29 is 14.6 Å². The second-order valence-corrected chi connectivity index (χ2v) is 4.04. The summed E-state index contributed by atoms with van der Waals surface area (Å²) in [6.45, 7) is 0. The maximum absolute atomic E-state index is 11.4. The molecule has 0 aromatic rings. The Morgan fingerprint density at radius 1 is 1.69 bits per heavy atom. The molecule has 4 unspecified atom stereocenters. The van der Waals surface area contributed by atoms with Crippen molar-refractivity contribution in [3.05, 3.63) is 5.92 Å². The number of ether oxygens (including phenoxy) is 1. The lowest BCUT2D eigenvalue weighted by Gasteiger charge is -2.23. The van der Waals surface area contributed by atoms with E-state index < -0.39 is 23.6 Å². The van der Waals surface area contributed by atoms with Crippen molar-refractivity contribution in [2.45, 2.75) is 25.0 Å². The van der Waals surface area contributed by atoms with E-state index in [9.17, 15) is 9.90 Å². The fraction of sp³-hybridized carbons (Fsp3) is 0.667. The Hall–Kier alpha value is -1.08. The van der Waals surface area contributed by atoms with E-state index in [4.69, 9.17) is 10.00 Å². The van der Waals surface area contributed by atoms with Gasteiger partial charge in [0.15, 0.2) is 5.41 Å². The molecule has 2 aliphatic carbocycles. The van der Waals surface area contributed by atoms with Gasteiger partial charge in [-0.2, -0.15) is 5.26 Å². The van der Waals surface area contributed by atoms with Crippen LogP contribution in [0, 0.1) is 28.6 Å². The fourth-order valence-corrected chi connectivity index (χ4v) is 2.86. The van der Waals surface area contributed by atoms with Gasteiger partial charge in [0.25, 0.3) is 0 Å². The van der Waals surface area contributed by atoms with Crippen molar-refractivity contribution in [2.75, 3.05) is 0 Å². The van der Waals surface area contributed by atoms with Gasteiger partial charge >= 0.3 is 5.97 Å². The number of nitriles is 1. The zero-order valence-electron chi connectivity index (χ0n) is 6.86. The number of hydrogen-bond donors (Lipinski definition) is 1. The summed E-state index contributed by atoms with van der Waals surface area (Å²) in [6.07, 6.45) is 0.0457. The van der Waals surface area contributed by atoms with Crippen LogP contribution in [0.15, 0.2) is 0 Å². The van der Waals surface area contributed by atoms with Crippen molar-refractivity contribution in [3.8, 4) is 6.07 Å². The smallest absolute Gasteiger partial charge is 0.327 e. The van der Waals surface area contributed by atoms with Crippen molar-refractivity contribution in [1.29, 1.82) is 5.26 Å². The summed E-state index contributed by atoms with van der Waals surface area (Å²) in [7, 11) is 0. The molecule has 0 spiro atoms. The van der Waals surface area contributed by atoms with Crippen LogP contribution in [0.25, 0.3) is 0 Å². The van der Waals surface area contributed by atoms with E-state index in [0.29, 0.717) is 12.8 Å². The molecule has 67 valence electrons. The number of rotatable bonds is 0. The summed E-state index contributed by atoms with van der Waals surface area (Å²) in [5.41, 5.74) is -0.945. The lowest BCUT2D eigenvalue weighted by atomic mass is 9.75. The van der Waals surface area contributed by atoms with E-state index in [1.165, 1.54) is 0 Å². The number of carbonyl (C=O) groups excluding carboxylic acids is 1. The Morgan fingerprint density at radius 2 is 2.46 bits per heavy atom. The monoisotopic (exact) mass is 178 g/mol. The number of nitrogens with zero attached hydrogens (tertiary/aromatic N) is 1. The molecule has 3 aliphatic rings. The first-order valence-corrected chi connectivity index (χ1v) is 4.34. The number of carbonyl (C=O) groups is 1. The molecule has 4 atom stereocenters. The molecule has 1 saturated heterocycles. The molecule has 1 N–H and O–H groups in total.